The van der Waals surface area contributed by atoms with E-state index in [1.807, 2.05) is 12.1 Å². The summed E-state index contributed by atoms with van der Waals surface area (Å²) in [6.45, 7) is 0.123. The first-order valence-corrected chi connectivity index (χ1v) is 9.94. The van der Waals surface area contributed by atoms with Crippen LogP contribution in [0.25, 0.3) is 21.2 Å². The molecule has 0 radical (unpaired) electrons. The van der Waals surface area contributed by atoms with Crippen LogP contribution >= 0.6 is 11.3 Å². The summed E-state index contributed by atoms with van der Waals surface area (Å²) in [4.78, 5) is 26.1. The van der Waals surface area contributed by atoms with Gasteiger partial charge in [0.2, 0.25) is 6.79 Å². The molecule has 0 aliphatic carbocycles. The number of carbonyl (C=O) groups is 1. The quantitative estimate of drug-likeness (QED) is 0.505. The summed E-state index contributed by atoms with van der Waals surface area (Å²) in [7, 11) is 0. The highest BCUT2D eigenvalue weighted by molar-refractivity contribution is 7.22. The molecule has 1 aliphatic heterocycles. The molecule has 1 aromatic heterocycles. The zero-order valence-corrected chi connectivity index (χ0v) is 16.3. The minimum atomic E-state index is -0.428. The van der Waals surface area contributed by atoms with Crippen LogP contribution in [0.4, 0.5) is 9.39 Å². The van der Waals surface area contributed by atoms with Gasteiger partial charge in [-0.15, -0.1) is 11.3 Å². The van der Waals surface area contributed by atoms with E-state index in [9.17, 15) is 14.0 Å². The first-order valence-electron chi connectivity index (χ1n) is 9.13. The van der Waals surface area contributed by atoms with Crippen LogP contribution in [0.5, 0.6) is 11.5 Å². The average Bonchev–Trinajstić information content (AvgIpc) is 3.22. The van der Waals surface area contributed by atoms with Crippen LogP contribution < -0.4 is 20.2 Å². The SMILES string of the molecule is O=C(Nc1sc2ccccc2c(=O)c1-c1ccc2c(c1)OCO2)c1ccc(F)cc1. The Balaban J connectivity index is 1.66. The Morgan fingerprint density at radius 3 is 2.57 bits per heavy atom. The number of hydrogen-bond acceptors (Lipinski definition) is 5. The first-order chi connectivity index (χ1) is 14.6. The average molecular weight is 419 g/mol. The Bertz CT molecular complexity index is 1350. The van der Waals surface area contributed by atoms with E-state index in [1.54, 1.807) is 30.3 Å². The van der Waals surface area contributed by atoms with Crippen LogP contribution in [-0.2, 0) is 0 Å². The lowest BCUT2D eigenvalue weighted by Crippen LogP contribution is -2.15. The van der Waals surface area contributed by atoms with Crippen molar-refractivity contribution in [3.05, 3.63) is 88.3 Å². The van der Waals surface area contributed by atoms with Crippen LogP contribution in [-0.4, -0.2) is 12.7 Å². The standard InChI is InChI=1S/C23H14FNO4S/c24-15-8-5-13(6-9-15)22(27)25-23-20(14-7-10-17-18(11-14)29-12-28-17)21(26)16-3-1-2-4-19(16)30-23/h1-11H,12H2,(H,25,27). The van der Waals surface area contributed by atoms with Crippen LogP contribution in [0.15, 0.2) is 71.5 Å². The summed E-state index contributed by atoms with van der Waals surface area (Å²) in [5.41, 5.74) is 1.08. The van der Waals surface area contributed by atoms with Gasteiger partial charge in [-0.05, 0) is 54.1 Å². The molecule has 1 aliphatic rings. The van der Waals surface area contributed by atoms with Gasteiger partial charge in [0.05, 0.1) is 5.56 Å². The number of fused-ring (bicyclic) bond motifs is 2. The molecule has 0 fully saturated rings. The molecule has 1 N–H and O–H groups in total. The molecule has 3 aromatic carbocycles. The second kappa shape index (κ2) is 7.27. The highest BCUT2D eigenvalue weighted by atomic mass is 32.1. The fourth-order valence-electron chi connectivity index (χ4n) is 3.32. The molecule has 1 amide bonds. The molecule has 30 heavy (non-hydrogen) atoms. The Morgan fingerprint density at radius 2 is 1.73 bits per heavy atom. The maximum Gasteiger partial charge on any atom is 0.256 e. The smallest absolute Gasteiger partial charge is 0.256 e. The third kappa shape index (κ3) is 3.19. The third-order valence-electron chi connectivity index (χ3n) is 4.79. The summed E-state index contributed by atoms with van der Waals surface area (Å²) in [5, 5.41) is 3.80. The van der Waals surface area contributed by atoms with E-state index in [1.165, 1.54) is 35.6 Å². The van der Waals surface area contributed by atoms with Crippen LogP contribution in [0.1, 0.15) is 10.4 Å². The Morgan fingerprint density at radius 1 is 0.967 bits per heavy atom. The van der Waals surface area contributed by atoms with Gasteiger partial charge in [0, 0.05) is 15.6 Å². The molecular formula is C23H14FNO4S. The van der Waals surface area contributed by atoms with Crippen LogP contribution in [0.3, 0.4) is 0 Å². The van der Waals surface area contributed by atoms with E-state index >= 15 is 0 Å². The highest BCUT2D eigenvalue weighted by Crippen LogP contribution is 2.39. The number of nitrogens with one attached hydrogen (secondary N) is 1. The summed E-state index contributed by atoms with van der Waals surface area (Å²) in [5.74, 6) is 0.291. The van der Waals surface area contributed by atoms with E-state index < -0.39 is 11.7 Å². The van der Waals surface area contributed by atoms with Crippen molar-refractivity contribution in [2.45, 2.75) is 0 Å². The Kier molecular flexibility index (Phi) is 4.44. The summed E-state index contributed by atoms with van der Waals surface area (Å²) >= 11 is 1.30. The van der Waals surface area contributed by atoms with Crippen molar-refractivity contribution in [2.24, 2.45) is 0 Å². The van der Waals surface area contributed by atoms with Gasteiger partial charge in [-0.1, -0.05) is 18.2 Å². The second-order valence-electron chi connectivity index (χ2n) is 6.66. The highest BCUT2D eigenvalue weighted by Gasteiger charge is 2.20. The molecule has 7 heteroatoms. The van der Waals surface area contributed by atoms with Gasteiger partial charge in [-0.2, -0.15) is 0 Å². The number of carbonyl (C=O) groups excluding carboxylic acids is 1. The van der Waals surface area contributed by atoms with Crippen molar-refractivity contribution in [1.29, 1.82) is 0 Å². The third-order valence-corrected chi connectivity index (χ3v) is 5.88. The molecule has 4 aromatic rings. The number of hydrogen-bond donors (Lipinski definition) is 1. The first kappa shape index (κ1) is 18.3. The molecule has 0 spiro atoms. The normalized spacial score (nSPS) is 12.2. The van der Waals surface area contributed by atoms with Crippen molar-refractivity contribution in [2.75, 3.05) is 12.1 Å². The molecule has 2 heterocycles. The summed E-state index contributed by atoms with van der Waals surface area (Å²) < 4.78 is 24.8. The molecule has 0 unspecified atom stereocenters. The lowest BCUT2D eigenvalue weighted by atomic mass is 10.0. The molecular weight excluding hydrogens is 405 g/mol. The zero-order valence-electron chi connectivity index (χ0n) is 15.5. The van der Waals surface area contributed by atoms with Gasteiger partial charge >= 0.3 is 0 Å². The van der Waals surface area contributed by atoms with Crippen molar-refractivity contribution in [3.63, 3.8) is 0 Å². The van der Waals surface area contributed by atoms with E-state index in [0.29, 0.717) is 38.6 Å². The number of benzene rings is 3. The molecule has 0 atom stereocenters. The van der Waals surface area contributed by atoms with Gasteiger partial charge < -0.3 is 14.8 Å². The molecule has 5 nitrogen and oxygen atoms in total. The summed E-state index contributed by atoms with van der Waals surface area (Å²) in [6.07, 6.45) is 0. The van der Waals surface area contributed by atoms with Crippen molar-refractivity contribution in [3.8, 4) is 22.6 Å². The predicted octanol–water partition coefficient (Wildman–Crippen LogP) is 5.05. The lowest BCUT2D eigenvalue weighted by molar-refractivity contribution is 0.102. The minimum Gasteiger partial charge on any atom is -0.454 e. The maximum atomic E-state index is 13.3. The predicted molar refractivity (Wildman–Crippen MR) is 114 cm³/mol. The van der Waals surface area contributed by atoms with Crippen molar-refractivity contribution >= 4 is 32.3 Å². The Hall–Kier alpha value is -3.71. The molecule has 0 bridgehead atoms. The fourth-order valence-corrected chi connectivity index (χ4v) is 4.41. The monoisotopic (exact) mass is 419 g/mol. The second-order valence-corrected chi connectivity index (χ2v) is 7.71. The van der Waals surface area contributed by atoms with Gasteiger partial charge in [0.1, 0.15) is 10.8 Å². The number of ether oxygens (including phenoxy) is 2. The molecule has 0 saturated carbocycles. The lowest BCUT2D eigenvalue weighted by Gasteiger charge is -2.12. The zero-order chi connectivity index (χ0) is 20.7. The maximum absolute atomic E-state index is 13.3. The van der Waals surface area contributed by atoms with Crippen LogP contribution in [0, 0.1) is 5.82 Å². The topological polar surface area (TPSA) is 64.6 Å². The van der Waals surface area contributed by atoms with E-state index in [2.05, 4.69) is 5.32 Å². The number of anilines is 1. The van der Waals surface area contributed by atoms with Crippen molar-refractivity contribution < 1.29 is 18.7 Å². The minimum absolute atomic E-state index is 0.123. The number of rotatable bonds is 3. The van der Waals surface area contributed by atoms with E-state index in [0.717, 1.165) is 4.70 Å². The largest absolute Gasteiger partial charge is 0.454 e. The van der Waals surface area contributed by atoms with E-state index in [4.69, 9.17) is 9.47 Å². The number of halogens is 1. The van der Waals surface area contributed by atoms with Crippen molar-refractivity contribution in [1.82, 2.24) is 0 Å². The van der Waals surface area contributed by atoms with Gasteiger partial charge in [-0.25, -0.2) is 4.39 Å². The molecule has 5 rings (SSSR count). The molecule has 148 valence electrons. The van der Waals surface area contributed by atoms with Crippen LogP contribution in [0.2, 0.25) is 0 Å². The van der Waals surface area contributed by atoms with Gasteiger partial charge in [-0.3, -0.25) is 9.59 Å². The number of amides is 1. The fraction of sp³-hybridized carbons (Fsp3) is 0.0435. The van der Waals surface area contributed by atoms with Gasteiger partial charge in [0.15, 0.2) is 16.9 Å². The Labute approximate surface area is 174 Å². The van der Waals surface area contributed by atoms with E-state index in [-0.39, 0.29) is 12.2 Å². The summed E-state index contributed by atoms with van der Waals surface area (Å²) in [6, 6.07) is 17.7. The molecule has 0 saturated heterocycles. The van der Waals surface area contributed by atoms with Gasteiger partial charge in [0.25, 0.3) is 5.91 Å².